The van der Waals surface area contributed by atoms with Crippen LogP contribution < -0.4 is 5.73 Å². The number of imide groups is 1. The summed E-state index contributed by atoms with van der Waals surface area (Å²) in [6, 6.07) is 7.07. The van der Waals surface area contributed by atoms with E-state index in [1.807, 2.05) is 36.7 Å². The highest BCUT2D eigenvalue weighted by Gasteiger charge is 2.66. The molecule has 96 valence electrons. The van der Waals surface area contributed by atoms with Gasteiger partial charge in [-0.3, -0.25) is 9.59 Å². The maximum Gasteiger partial charge on any atom is 0.311 e. The van der Waals surface area contributed by atoms with E-state index in [0.29, 0.717) is 0 Å². The smallest absolute Gasteiger partial charge is 0.311 e. The Morgan fingerprint density at radius 3 is 2.37 bits per heavy atom. The van der Waals surface area contributed by atoms with Crippen molar-refractivity contribution < 1.29 is 14.4 Å². The lowest BCUT2D eigenvalue weighted by molar-refractivity contribution is -0.342. The van der Waals surface area contributed by atoms with Gasteiger partial charge in [0.25, 0.3) is 11.6 Å². The second-order valence-electron chi connectivity index (χ2n) is 4.89. The number of fused-ring (bicyclic) bond motifs is 3. The third-order valence-corrected chi connectivity index (χ3v) is 3.78. The molecule has 0 radical (unpaired) electrons. The molecule has 5 rings (SSSR count). The van der Waals surface area contributed by atoms with Gasteiger partial charge in [0.1, 0.15) is 0 Å². The van der Waals surface area contributed by atoms with E-state index in [9.17, 15) is 9.59 Å². The maximum absolute atomic E-state index is 12.1. The highest BCUT2D eigenvalue weighted by molar-refractivity contribution is 6.04. The summed E-state index contributed by atoms with van der Waals surface area (Å²) >= 11 is 0. The summed E-state index contributed by atoms with van der Waals surface area (Å²) in [5, 5.41) is 2.79. The quantitative estimate of drug-likeness (QED) is 0.747. The fraction of sp³-hybridized carbons (Fsp3) is 0.231. The summed E-state index contributed by atoms with van der Waals surface area (Å²) in [5.74, 6) is -0.771. The van der Waals surface area contributed by atoms with Gasteiger partial charge in [-0.25, -0.2) is 4.84 Å². The molecule has 3 aliphatic rings. The minimum Gasteiger partial charge on any atom is -0.323 e. The normalized spacial score (nSPS) is 29.7. The van der Waals surface area contributed by atoms with Crippen LogP contribution >= 0.6 is 0 Å². The number of carbonyl (C=O) groups excluding carboxylic acids is 2. The molecule has 1 aromatic carbocycles. The summed E-state index contributed by atoms with van der Waals surface area (Å²) in [7, 11) is 0. The molecule has 2 N–H and O–H groups in total. The molecule has 2 unspecified atom stereocenters. The van der Waals surface area contributed by atoms with Crippen molar-refractivity contribution in [1.29, 1.82) is 0 Å². The average molecular weight is 257 g/mol. The molecule has 0 spiro atoms. The van der Waals surface area contributed by atoms with E-state index in [1.54, 1.807) is 4.57 Å². The summed E-state index contributed by atoms with van der Waals surface area (Å²) in [4.78, 5) is 29.0. The Kier molecular flexibility index (Phi) is 1.82. The zero-order chi connectivity index (χ0) is 13.2. The van der Waals surface area contributed by atoms with Crippen LogP contribution in [0.15, 0.2) is 36.7 Å². The highest BCUT2D eigenvalue weighted by atomic mass is 16.8. The lowest BCUT2D eigenvalue weighted by Gasteiger charge is -2.53. The molecular formula is C13H11N3O3. The molecule has 6 nitrogen and oxygen atoms in total. The molecule has 2 aromatic rings. The number of piperidine rings is 1. The van der Waals surface area contributed by atoms with E-state index < -0.39 is 17.7 Å². The number of hydrogen-bond donors (Lipinski definition) is 1. The van der Waals surface area contributed by atoms with Crippen LogP contribution in [-0.2, 0) is 20.2 Å². The largest absolute Gasteiger partial charge is 0.323 e. The summed E-state index contributed by atoms with van der Waals surface area (Å²) < 4.78 is 1.67. The minimum atomic E-state index is -1.26. The van der Waals surface area contributed by atoms with Crippen LogP contribution in [0.2, 0.25) is 0 Å². The highest BCUT2D eigenvalue weighted by Crippen LogP contribution is 2.42. The topological polar surface area (TPSA) is 77.6 Å². The number of carbonyl (C=O) groups is 2. The van der Waals surface area contributed by atoms with Crippen molar-refractivity contribution in [1.82, 2.24) is 9.63 Å². The van der Waals surface area contributed by atoms with E-state index in [0.717, 1.165) is 15.8 Å². The van der Waals surface area contributed by atoms with Crippen LogP contribution in [-0.4, -0.2) is 27.5 Å². The Labute approximate surface area is 108 Å². The maximum atomic E-state index is 12.1. The van der Waals surface area contributed by atoms with E-state index >= 15 is 0 Å². The van der Waals surface area contributed by atoms with Crippen LogP contribution in [0.3, 0.4) is 0 Å². The number of hydroxylamine groups is 2. The number of nitrogens with two attached hydrogens (primary N) is 1. The van der Waals surface area contributed by atoms with Gasteiger partial charge in [0.05, 0.1) is 6.04 Å². The van der Waals surface area contributed by atoms with Gasteiger partial charge in [-0.05, 0) is 10.8 Å². The number of aromatic nitrogens is 1. The SMILES string of the molecule is NC1CC(=O)N2OC1(n1cc3ccccc3c1)C2=O. The number of amides is 2. The molecule has 6 heteroatoms. The van der Waals surface area contributed by atoms with Crippen molar-refractivity contribution >= 4 is 22.6 Å². The molecule has 3 saturated heterocycles. The molecule has 2 atom stereocenters. The van der Waals surface area contributed by atoms with Gasteiger partial charge in [0.2, 0.25) is 0 Å². The molecule has 3 fully saturated rings. The van der Waals surface area contributed by atoms with Gasteiger partial charge in [-0.2, -0.15) is 0 Å². The van der Waals surface area contributed by atoms with Crippen LogP contribution in [0.25, 0.3) is 10.8 Å². The second-order valence-corrected chi connectivity index (χ2v) is 4.89. The van der Waals surface area contributed by atoms with Gasteiger partial charge in [-0.15, -0.1) is 5.06 Å². The third-order valence-electron chi connectivity index (χ3n) is 3.78. The first-order valence-electron chi connectivity index (χ1n) is 6.02. The Morgan fingerprint density at radius 1 is 1.21 bits per heavy atom. The molecule has 2 amide bonds. The predicted octanol–water partition coefficient (Wildman–Crippen LogP) is 0.325. The summed E-state index contributed by atoms with van der Waals surface area (Å²) in [5.41, 5.74) is 4.71. The molecule has 0 aliphatic carbocycles. The molecule has 2 bridgehead atoms. The van der Waals surface area contributed by atoms with Gasteiger partial charge < -0.3 is 10.3 Å². The molecular weight excluding hydrogens is 246 g/mol. The van der Waals surface area contributed by atoms with E-state index in [-0.39, 0.29) is 12.3 Å². The molecule has 3 aliphatic heterocycles. The zero-order valence-electron chi connectivity index (χ0n) is 9.95. The van der Waals surface area contributed by atoms with Crippen LogP contribution in [0, 0.1) is 0 Å². The van der Waals surface area contributed by atoms with Crippen molar-refractivity contribution in [2.24, 2.45) is 5.73 Å². The number of nitrogens with zero attached hydrogens (tertiary/aromatic N) is 2. The van der Waals surface area contributed by atoms with Gasteiger partial charge in [0, 0.05) is 18.8 Å². The van der Waals surface area contributed by atoms with Crippen molar-refractivity contribution in [3.8, 4) is 0 Å². The zero-order valence-corrected chi connectivity index (χ0v) is 9.95. The molecule has 1 aromatic heterocycles. The summed E-state index contributed by atoms with van der Waals surface area (Å²) in [6.07, 6.45) is 3.75. The van der Waals surface area contributed by atoms with Crippen LogP contribution in [0.4, 0.5) is 0 Å². The molecule has 4 heterocycles. The lowest BCUT2D eigenvalue weighted by Crippen LogP contribution is -2.77. The number of benzene rings is 1. The van der Waals surface area contributed by atoms with Crippen molar-refractivity contribution in [3.05, 3.63) is 36.7 Å². The van der Waals surface area contributed by atoms with E-state index in [2.05, 4.69) is 0 Å². The Bertz CT molecular complexity index is 690. The summed E-state index contributed by atoms with van der Waals surface area (Å²) in [6.45, 7) is 0. The molecule has 19 heavy (non-hydrogen) atoms. The molecule has 0 saturated carbocycles. The van der Waals surface area contributed by atoms with Crippen molar-refractivity contribution in [3.63, 3.8) is 0 Å². The van der Waals surface area contributed by atoms with Gasteiger partial charge in [0.15, 0.2) is 0 Å². The fourth-order valence-electron chi connectivity index (χ4n) is 2.75. The lowest BCUT2D eigenvalue weighted by atomic mass is 9.92. The predicted molar refractivity (Wildman–Crippen MR) is 65.4 cm³/mol. The number of hydrogen-bond acceptors (Lipinski definition) is 4. The average Bonchev–Trinajstić information content (AvgIpc) is 2.80. The van der Waals surface area contributed by atoms with E-state index in [4.69, 9.17) is 10.6 Å². The van der Waals surface area contributed by atoms with Gasteiger partial charge in [-0.1, -0.05) is 24.3 Å². The Morgan fingerprint density at radius 2 is 1.84 bits per heavy atom. The van der Waals surface area contributed by atoms with Gasteiger partial charge >= 0.3 is 5.91 Å². The minimum absolute atomic E-state index is 0.111. The first-order valence-corrected chi connectivity index (χ1v) is 6.02. The second kappa shape index (κ2) is 3.23. The Balaban J connectivity index is 1.87. The van der Waals surface area contributed by atoms with E-state index in [1.165, 1.54) is 0 Å². The van der Waals surface area contributed by atoms with Crippen LogP contribution in [0.5, 0.6) is 0 Å². The van der Waals surface area contributed by atoms with Crippen molar-refractivity contribution in [2.75, 3.05) is 0 Å². The monoisotopic (exact) mass is 257 g/mol. The van der Waals surface area contributed by atoms with Crippen LogP contribution in [0.1, 0.15) is 6.42 Å². The standard InChI is InChI=1S/C13H11N3O3/c14-10-5-11(17)16-12(18)13(10,19-16)15-6-8-3-1-2-4-9(8)7-15/h1-4,6-7,10H,5,14H2. The third kappa shape index (κ3) is 1.13. The van der Waals surface area contributed by atoms with Crippen molar-refractivity contribution in [2.45, 2.75) is 18.2 Å². The fourth-order valence-corrected chi connectivity index (χ4v) is 2.75. The first kappa shape index (κ1) is 10.7. The first-order chi connectivity index (χ1) is 9.13. The Hall–Kier alpha value is -2.18. The number of rotatable bonds is 1.